The Labute approximate surface area is 129 Å². The van der Waals surface area contributed by atoms with Crippen molar-refractivity contribution in [2.24, 2.45) is 0 Å². The van der Waals surface area contributed by atoms with E-state index < -0.39 is 0 Å². The Balaban J connectivity index is 1.70. The standard InChI is InChI=1S/C14H12ClN3S2/c15-10-4-5-11-14(18-20-17-11)13(10)12-6-3-9(19-12)7-16-8-1-2-8/h3-6,8,16H,1-2,7H2. The molecule has 0 aliphatic heterocycles. The number of halogens is 1. The SMILES string of the molecule is Clc1ccc2nsnc2c1-c1ccc(CNC2CC2)s1. The van der Waals surface area contributed by atoms with Crippen molar-refractivity contribution in [3.05, 3.63) is 34.2 Å². The van der Waals surface area contributed by atoms with E-state index in [9.17, 15) is 0 Å². The van der Waals surface area contributed by atoms with Crippen LogP contribution >= 0.6 is 34.7 Å². The first-order valence-electron chi connectivity index (χ1n) is 6.54. The summed E-state index contributed by atoms with van der Waals surface area (Å²) in [6.07, 6.45) is 2.63. The van der Waals surface area contributed by atoms with Gasteiger partial charge in [0.15, 0.2) is 0 Å². The number of hydrogen-bond donors (Lipinski definition) is 1. The molecule has 0 atom stereocenters. The largest absolute Gasteiger partial charge is 0.309 e. The molecule has 0 unspecified atom stereocenters. The molecule has 102 valence electrons. The van der Waals surface area contributed by atoms with Crippen LogP contribution in [0.25, 0.3) is 21.5 Å². The minimum absolute atomic E-state index is 0.732. The highest BCUT2D eigenvalue weighted by Crippen LogP contribution is 2.38. The van der Waals surface area contributed by atoms with Crippen molar-refractivity contribution in [1.82, 2.24) is 14.1 Å². The van der Waals surface area contributed by atoms with Crippen LogP contribution in [0, 0.1) is 0 Å². The van der Waals surface area contributed by atoms with E-state index in [0.717, 1.165) is 34.2 Å². The molecule has 1 aromatic carbocycles. The van der Waals surface area contributed by atoms with Gasteiger partial charge in [-0.1, -0.05) is 11.6 Å². The molecule has 1 fully saturated rings. The molecule has 3 nitrogen and oxygen atoms in total. The van der Waals surface area contributed by atoms with Crippen molar-refractivity contribution in [1.29, 1.82) is 0 Å². The third-order valence-corrected chi connectivity index (χ3v) is 5.39. The smallest absolute Gasteiger partial charge is 0.114 e. The normalized spacial score (nSPS) is 15.1. The molecule has 1 saturated carbocycles. The van der Waals surface area contributed by atoms with Gasteiger partial charge in [0.25, 0.3) is 0 Å². The third kappa shape index (κ3) is 2.35. The van der Waals surface area contributed by atoms with Gasteiger partial charge in [0, 0.05) is 27.9 Å². The van der Waals surface area contributed by atoms with Gasteiger partial charge < -0.3 is 5.32 Å². The average molecular weight is 322 g/mol. The molecule has 0 saturated heterocycles. The lowest BCUT2D eigenvalue weighted by molar-refractivity contribution is 0.695. The molecule has 1 aliphatic carbocycles. The molecular weight excluding hydrogens is 310 g/mol. The summed E-state index contributed by atoms with van der Waals surface area (Å²) in [6, 6.07) is 8.87. The highest BCUT2D eigenvalue weighted by Gasteiger charge is 2.20. The van der Waals surface area contributed by atoms with Crippen molar-refractivity contribution in [2.75, 3.05) is 0 Å². The number of rotatable bonds is 4. The number of hydrogen-bond acceptors (Lipinski definition) is 5. The molecule has 20 heavy (non-hydrogen) atoms. The molecular formula is C14H12ClN3S2. The van der Waals surface area contributed by atoms with Crippen molar-refractivity contribution in [3.8, 4) is 10.4 Å². The van der Waals surface area contributed by atoms with Gasteiger partial charge in [-0.05, 0) is 37.1 Å². The molecule has 0 amide bonds. The molecule has 0 spiro atoms. The number of benzene rings is 1. The summed E-state index contributed by atoms with van der Waals surface area (Å²) in [5.74, 6) is 0. The Hall–Kier alpha value is -1.01. The summed E-state index contributed by atoms with van der Waals surface area (Å²) in [6.45, 7) is 0.943. The Morgan fingerprint density at radius 1 is 1.20 bits per heavy atom. The fraction of sp³-hybridized carbons (Fsp3) is 0.286. The highest BCUT2D eigenvalue weighted by molar-refractivity contribution is 7.15. The Morgan fingerprint density at radius 3 is 2.95 bits per heavy atom. The van der Waals surface area contributed by atoms with E-state index in [1.807, 2.05) is 12.1 Å². The van der Waals surface area contributed by atoms with Crippen LogP contribution in [0.15, 0.2) is 24.3 Å². The molecule has 0 radical (unpaired) electrons. The van der Waals surface area contributed by atoms with Gasteiger partial charge in [-0.2, -0.15) is 8.75 Å². The summed E-state index contributed by atoms with van der Waals surface area (Å²) in [5, 5.41) is 4.28. The van der Waals surface area contributed by atoms with Crippen LogP contribution < -0.4 is 5.32 Å². The Kier molecular flexibility index (Phi) is 3.22. The monoisotopic (exact) mass is 321 g/mol. The van der Waals surface area contributed by atoms with Gasteiger partial charge in [-0.3, -0.25) is 0 Å². The van der Waals surface area contributed by atoms with Gasteiger partial charge in [0.1, 0.15) is 11.0 Å². The summed E-state index contributed by atoms with van der Waals surface area (Å²) < 4.78 is 8.67. The topological polar surface area (TPSA) is 37.8 Å². The zero-order valence-electron chi connectivity index (χ0n) is 10.6. The van der Waals surface area contributed by atoms with Crippen LogP contribution in [0.5, 0.6) is 0 Å². The molecule has 6 heteroatoms. The highest BCUT2D eigenvalue weighted by atomic mass is 35.5. The number of nitrogens with one attached hydrogen (secondary N) is 1. The minimum Gasteiger partial charge on any atom is -0.309 e. The van der Waals surface area contributed by atoms with Crippen LogP contribution in [0.3, 0.4) is 0 Å². The lowest BCUT2D eigenvalue weighted by Crippen LogP contribution is -2.14. The molecule has 4 rings (SSSR count). The van der Waals surface area contributed by atoms with Gasteiger partial charge in [0.05, 0.1) is 16.8 Å². The molecule has 1 N–H and O–H groups in total. The van der Waals surface area contributed by atoms with Gasteiger partial charge in [-0.15, -0.1) is 11.3 Å². The van der Waals surface area contributed by atoms with E-state index >= 15 is 0 Å². The van der Waals surface area contributed by atoms with E-state index in [2.05, 4.69) is 26.2 Å². The second-order valence-corrected chi connectivity index (χ2v) is 7.08. The van der Waals surface area contributed by atoms with E-state index in [1.54, 1.807) is 11.3 Å². The van der Waals surface area contributed by atoms with Crippen molar-refractivity contribution >= 4 is 45.7 Å². The third-order valence-electron chi connectivity index (χ3n) is 3.43. The van der Waals surface area contributed by atoms with Crippen molar-refractivity contribution in [3.63, 3.8) is 0 Å². The first-order valence-corrected chi connectivity index (χ1v) is 8.47. The van der Waals surface area contributed by atoms with Crippen molar-refractivity contribution in [2.45, 2.75) is 25.4 Å². The van der Waals surface area contributed by atoms with E-state index in [0.29, 0.717) is 0 Å². The summed E-state index contributed by atoms with van der Waals surface area (Å²) >= 11 is 9.38. The van der Waals surface area contributed by atoms with Crippen LogP contribution in [0.2, 0.25) is 5.02 Å². The second-order valence-electron chi connectivity index (χ2n) is 4.98. The quantitative estimate of drug-likeness (QED) is 0.777. The average Bonchev–Trinajstić information content (AvgIpc) is 2.97. The fourth-order valence-corrected chi connectivity index (χ4v) is 4.07. The molecule has 3 aromatic rings. The zero-order chi connectivity index (χ0) is 13.5. The van der Waals surface area contributed by atoms with Gasteiger partial charge in [0.2, 0.25) is 0 Å². The first kappa shape index (κ1) is 12.7. The van der Waals surface area contributed by atoms with Crippen LogP contribution in [-0.2, 0) is 6.54 Å². The van der Waals surface area contributed by atoms with Gasteiger partial charge >= 0.3 is 0 Å². The van der Waals surface area contributed by atoms with E-state index in [-0.39, 0.29) is 0 Å². The predicted octanol–water partition coefficient (Wildman–Crippen LogP) is 4.33. The molecule has 2 aromatic heterocycles. The van der Waals surface area contributed by atoms with E-state index in [4.69, 9.17) is 11.6 Å². The Bertz CT molecular complexity index is 761. The molecule has 0 bridgehead atoms. The number of thiophene rings is 1. The number of fused-ring (bicyclic) bond motifs is 1. The van der Waals surface area contributed by atoms with Crippen LogP contribution in [0.1, 0.15) is 17.7 Å². The number of nitrogens with zero attached hydrogens (tertiary/aromatic N) is 2. The van der Waals surface area contributed by atoms with E-state index in [1.165, 1.54) is 34.3 Å². The summed E-state index contributed by atoms with van der Waals surface area (Å²) in [4.78, 5) is 2.50. The van der Waals surface area contributed by atoms with Crippen molar-refractivity contribution < 1.29 is 0 Å². The summed E-state index contributed by atoms with van der Waals surface area (Å²) in [5.41, 5.74) is 2.84. The maximum absolute atomic E-state index is 6.37. The molecule has 2 heterocycles. The predicted molar refractivity (Wildman–Crippen MR) is 85.6 cm³/mol. The maximum atomic E-state index is 6.37. The van der Waals surface area contributed by atoms with Crippen LogP contribution in [-0.4, -0.2) is 14.8 Å². The fourth-order valence-electron chi connectivity index (χ4n) is 2.20. The first-order chi connectivity index (χ1) is 9.81. The molecule has 1 aliphatic rings. The summed E-state index contributed by atoms with van der Waals surface area (Å²) in [7, 11) is 0. The van der Waals surface area contributed by atoms with Gasteiger partial charge in [-0.25, -0.2) is 0 Å². The minimum atomic E-state index is 0.732. The lowest BCUT2D eigenvalue weighted by Gasteiger charge is -2.02. The Morgan fingerprint density at radius 2 is 2.10 bits per heavy atom. The lowest BCUT2D eigenvalue weighted by atomic mass is 10.1. The number of aromatic nitrogens is 2. The second kappa shape index (κ2) is 5.07. The maximum Gasteiger partial charge on any atom is 0.114 e. The van der Waals surface area contributed by atoms with Crippen LogP contribution in [0.4, 0.5) is 0 Å². The zero-order valence-corrected chi connectivity index (χ0v) is 13.0.